The van der Waals surface area contributed by atoms with Crippen LogP contribution in [0.15, 0.2) is 0 Å². The molecule has 0 aliphatic heterocycles. The molecule has 2 nitrogen and oxygen atoms in total. The fourth-order valence-corrected chi connectivity index (χ4v) is 4.31. The van der Waals surface area contributed by atoms with Crippen LogP contribution in [0.4, 0.5) is 0 Å². The average Bonchev–Trinajstić information content (AvgIpc) is 2.34. The number of rotatable bonds is 6. The zero-order chi connectivity index (χ0) is 13.9. The minimum absolute atomic E-state index is 0.648. The van der Waals surface area contributed by atoms with E-state index >= 15 is 0 Å². The van der Waals surface area contributed by atoms with E-state index in [0.717, 1.165) is 17.4 Å². The third-order valence-electron chi connectivity index (χ3n) is 5.47. The molecular weight excluding hydrogens is 232 g/mol. The lowest BCUT2D eigenvalue weighted by molar-refractivity contribution is -0.00870. The van der Waals surface area contributed by atoms with Crippen molar-refractivity contribution >= 4 is 0 Å². The Morgan fingerprint density at radius 2 is 1.84 bits per heavy atom. The first-order valence-corrected chi connectivity index (χ1v) is 8.48. The molecule has 0 bridgehead atoms. The smallest absolute Gasteiger partial charge is 0.00926 e. The topological polar surface area (TPSA) is 15.3 Å². The van der Waals surface area contributed by atoms with Gasteiger partial charge in [-0.05, 0) is 76.4 Å². The van der Waals surface area contributed by atoms with Gasteiger partial charge in [-0.1, -0.05) is 20.8 Å². The Labute approximate surface area is 120 Å². The highest BCUT2D eigenvalue weighted by Gasteiger charge is 2.45. The second kappa shape index (κ2) is 6.58. The normalized spacial score (nSPS) is 35.1. The van der Waals surface area contributed by atoms with Gasteiger partial charge in [0.25, 0.3) is 0 Å². The van der Waals surface area contributed by atoms with Gasteiger partial charge >= 0.3 is 0 Å². The largest absolute Gasteiger partial charge is 0.314 e. The van der Waals surface area contributed by atoms with Crippen LogP contribution in [0.25, 0.3) is 0 Å². The summed E-state index contributed by atoms with van der Waals surface area (Å²) in [6, 6.07) is 1.52. The Balaban J connectivity index is 1.67. The van der Waals surface area contributed by atoms with E-state index in [1.807, 2.05) is 0 Å². The van der Waals surface area contributed by atoms with Gasteiger partial charge in [0.15, 0.2) is 0 Å². The Bertz CT molecular complexity index is 258. The van der Waals surface area contributed by atoms with Crippen LogP contribution in [0.2, 0.25) is 0 Å². The zero-order valence-corrected chi connectivity index (χ0v) is 13.5. The van der Waals surface area contributed by atoms with Crippen molar-refractivity contribution in [2.45, 2.75) is 77.8 Å². The summed E-state index contributed by atoms with van der Waals surface area (Å²) in [5.74, 6) is 0.965. The van der Waals surface area contributed by atoms with Crippen molar-refractivity contribution in [3.8, 4) is 0 Å². The fraction of sp³-hybridized carbons (Fsp3) is 1.00. The summed E-state index contributed by atoms with van der Waals surface area (Å²) in [4.78, 5) is 2.60. The van der Waals surface area contributed by atoms with Crippen LogP contribution in [0, 0.1) is 11.3 Å². The maximum atomic E-state index is 3.60. The standard InChI is InChI=1S/C17H34N2/c1-5-10-19(4)16-6-8-17(9-7-16)11-15(12-17)13-18-14(2)3/h14-16,18H,5-13H2,1-4H3/t15-,16-,17?. The number of nitrogens with zero attached hydrogens (tertiary/aromatic N) is 1. The highest BCUT2D eigenvalue weighted by atomic mass is 15.1. The molecule has 1 N–H and O–H groups in total. The van der Waals surface area contributed by atoms with Crippen molar-refractivity contribution < 1.29 is 0 Å². The quantitative estimate of drug-likeness (QED) is 0.789. The molecule has 0 heterocycles. The second-order valence-corrected chi connectivity index (χ2v) is 7.55. The van der Waals surface area contributed by atoms with E-state index in [1.54, 1.807) is 0 Å². The van der Waals surface area contributed by atoms with Gasteiger partial charge in [0.2, 0.25) is 0 Å². The number of hydrogen-bond acceptors (Lipinski definition) is 2. The molecule has 2 aliphatic rings. The molecule has 112 valence electrons. The van der Waals surface area contributed by atoms with E-state index in [0.29, 0.717) is 6.04 Å². The Hall–Kier alpha value is -0.0800. The minimum atomic E-state index is 0.648. The summed E-state index contributed by atoms with van der Waals surface area (Å²) in [5.41, 5.74) is 0.757. The number of hydrogen-bond donors (Lipinski definition) is 1. The van der Waals surface area contributed by atoms with Gasteiger partial charge in [-0.25, -0.2) is 0 Å². The van der Waals surface area contributed by atoms with Crippen LogP contribution < -0.4 is 5.32 Å². The van der Waals surface area contributed by atoms with Crippen LogP contribution in [0.3, 0.4) is 0 Å². The van der Waals surface area contributed by atoms with Crippen LogP contribution in [-0.4, -0.2) is 37.1 Å². The molecule has 0 aromatic heterocycles. The predicted octanol–water partition coefficient (Wildman–Crippen LogP) is 3.67. The first-order valence-electron chi connectivity index (χ1n) is 8.48. The molecule has 2 saturated carbocycles. The van der Waals surface area contributed by atoms with Crippen molar-refractivity contribution in [1.29, 1.82) is 0 Å². The Kier molecular flexibility index (Phi) is 5.30. The minimum Gasteiger partial charge on any atom is -0.314 e. The lowest BCUT2D eigenvalue weighted by Gasteiger charge is -2.53. The van der Waals surface area contributed by atoms with Crippen LogP contribution in [0.5, 0.6) is 0 Å². The van der Waals surface area contributed by atoms with Gasteiger partial charge in [-0.3, -0.25) is 0 Å². The lowest BCUT2D eigenvalue weighted by Crippen LogP contribution is -2.47. The zero-order valence-electron chi connectivity index (χ0n) is 13.5. The van der Waals surface area contributed by atoms with Crippen molar-refractivity contribution in [2.24, 2.45) is 11.3 Å². The third-order valence-corrected chi connectivity index (χ3v) is 5.47. The summed E-state index contributed by atoms with van der Waals surface area (Å²) >= 11 is 0. The fourth-order valence-electron chi connectivity index (χ4n) is 4.31. The van der Waals surface area contributed by atoms with E-state index < -0.39 is 0 Å². The van der Waals surface area contributed by atoms with Crippen LogP contribution in [-0.2, 0) is 0 Å². The highest BCUT2D eigenvalue weighted by molar-refractivity contribution is 4.98. The van der Waals surface area contributed by atoms with Crippen molar-refractivity contribution in [2.75, 3.05) is 20.1 Å². The SMILES string of the molecule is CCCN(C)[C@H]1CCC2(CC1)C[C@H](CNC(C)C)C2. The predicted molar refractivity (Wildman–Crippen MR) is 83.5 cm³/mol. The molecule has 0 atom stereocenters. The Morgan fingerprint density at radius 1 is 1.21 bits per heavy atom. The molecule has 1 spiro atoms. The summed E-state index contributed by atoms with van der Waals surface area (Å²) in [6.45, 7) is 9.32. The first kappa shape index (κ1) is 15.3. The maximum absolute atomic E-state index is 3.60. The third kappa shape index (κ3) is 3.95. The van der Waals surface area contributed by atoms with Gasteiger partial charge in [-0.2, -0.15) is 0 Å². The number of nitrogens with one attached hydrogen (secondary N) is 1. The van der Waals surface area contributed by atoms with E-state index in [2.05, 4.69) is 38.0 Å². The summed E-state index contributed by atoms with van der Waals surface area (Å²) < 4.78 is 0. The average molecular weight is 266 g/mol. The molecule has 0 aromatic rings. The maximum Gasteiger partial charge on any atom is 0.00926 e. The molecular formula is C17H34N2. The van der Waals surface area contributed by atoms with Crippen molar-refractivity contribution in [3.05, 3.63) is 0 Å². The molecule has 19 heavy (non-hydrogen) atoms. The van der Waals surface area contributed by atoms with Crippen LogP contribution >= 0.6 is 0 Å². The summed E-state index contributed by atoms with van der Waals surface area (Å²) in [5, 5.41) is 3.60. The van der Waals surface area contributed by atoms with E-state index in [9.17, 15) is 0 Å². The molecule has 0 aromatic carbocycles. The molecule has 2 rings (SSSR count). The first-order chi connectivity index (χ1) is 9.04. The Morgan fingerprint density at radius 3 is 2.37 bits per heavy atom. The van der Waals surface area contributed by atoms with Gasteiger partial charge in [0, 0.05) is 12.1 Å². The monoisotopic (exact) mass is 266 g/mol. The molecule has 0 amide bonds. The molecule has 2 fully saturated rings. The second-order valence-electron chi connectivity index (χ2n) is 7.55. The summed E-state index contributed by atoms with van der Waals surface area (Å²) in [7, 11) is 2.32. The lowest BCUT2D eigenvalue weighted by atomic mass is 9.55. The molecule has 0 saturated heterocycles. The van der Waals surface area contributed by atoms with E-state index in [1.165, 1.54) is 58.0 Å². The van der Waals surface area contributed by atoms with Crippen molar-refractivity contribution in [3.63, 3.8) is 0 Å². The van der Waals surface area contributed by atoms with E-state index in [4.69, 9.17) is 0 Å². The van der Waals surface area contributed by atoms with Gasteiger partial charge in [0.05, 0.1) is 0 Å². The molecule has 2 aliphatic carbocycles. The van der Waals surface area contributed by atoms with Gasteiger partial charge in [-0.15, -0.1) is 0 Å². The van der Waals surface area contributed by atoms with Gasteiger partial charge in [0.1, 0.15) is 0 Å². The summed E-state index contributed by atoms with van der Waals surface area (Å²) in [6.07, 6.45) is 10.2. The van der Waals surface area contributed by atoms with Crippen LogP contribution in [0.1, 0.15) is 65.7 Å². The van der Waals surface area contributed by atoms with Gasteiger partial charge < -0.3 is 10.2 Å². The molecule has 0 radical (unpaired) electrons. The van der Waals surface area contributed by atoms with Crippen molar-refractivity contribution in [1.82, 2.24) is 10.2 Å². The molecule has 0 unspecified atom stereocenters. The molecule has 2 heteroatoms. The van der Waals surface area contributed by atoms with E-state index in [-0.39, 0.29) is 0 Å². The highest BCUT2D eigenvalue weighted by Crippen LogP contribution is 2.54.